The van der Waals surface area contributed by atoms with E-state index in [-0.39, 0.29) is 18.0 Å². The van der Waals surface area contributed by atoms with E-state index in [1.54, 1.807) is 19.6 Å². The van der Waals surface area contributed by atoms with Crippen molar-refractivity contribution in [2.24, 2.45) is 0 Å². The first-order chi connectivity index (χ1) is 6.65. The van der Waals surface area contributed by atoms with Crippen LogP contribution in [-0.2, 0) is 4.79 Å². The summed E-state index contributed by atoms with van der Waals surface area (Å²) in [7, 11) is 1.63. The molecule has 0 bridgehead atoms. The minimum atomic E-state index is -0.204. The Balaban J connectivity index is 2.49. The van der Waals surface area contributed by atoms with Crippen molar-refractivity contribution >= 4 is 5.91 Å². The average Bonchev–Trinajstić information content (AvgIpc) is 2.69. The molecule has 0 fully saturated rings. The monoisotopic (exact) mass is 196 g/mol. The standard InChI is InChI=1S/C10H16N2O2/c1-7(9-4-5-14-6-9)12-8(2)10(13)11-3/h4-8,12H,1-3H3,(H,11,13). The van der Waals surface area contributed by atoms with Crippen molar-refractivity contribution in [2.75, 3.05) is 7.05 Å². The van der Waals surface area contributed by atoms with Crippen molar-refractivity contribution in [1.82, 2.24) is 10.6 Å². The molecule has 1 amide bonds. The van der Waals surface area contributed by atoms with Crippen LogP contribution in [-0.4, -0.2) is 19.0 Å². The smallest absolute Gasteiger partial charge is 0.236 e. The summed E-state index contributed by atoms with van der Waals surface area (Å²) in [5.41, 5.74) is 1.04. The molecule has 78 valence electrons. The first-order valence-electron chi connectivity index (χ1n) is 4.65. The van der Waals surface area contributed by atoms with Gasteiger partial charge in [0.2, 0.25) is 5.91 Å². The summed E-state index contributed by atoms with van der Waals surface area (Å²) in [4.78, 5) is 11.2. The summed E-state index contributed by atoms with van der Waals surface area (Å²) >= 11 is 0. The van der Waals surface area contributed by atoms with Crippen LogP contribution in [0.5, 0.6) is 0 Å². The quantitative estimate of drug-likeness (QED) is 0.757. The van der Waals surface area contributed by atoms with Gasteiger partial charge in [0, 0.05) is 18.7 Å². The maximum Gasteiger partial charge on any atom is 0.236 e. The fourth-order valence-electron chi connectivity index (χ4n) is 1.28. The Morgan fingerprint density at radius 2 is 2.21 bits per heavy atom. The van der Waals surface area contributed by atoms with Crippen molar-refractivity contribution in [3.63, 3.8) is 0 Å². The summed E-state index contributed by atoms with van der Waals surface area (Å²) in [5, 5.41) is 5.75. The van der Waals surface area contributed by atoms with Crippen LogP contribution in [0, 0.1) is 0 Å². The summed E-state index contributed by atoms with van der Waals surface area (Å²) < 4.78 is 4.96. The third-order valence-corrected chi connectivity index (χ3v) is 2.18. The van der Waals surface area contributed by atoms with E-state index in [9.17, 15) is 4.79 Å². The van der Waals surface area contributed by atoms with Crippen LogP contribution in [0.25, 0.3) is 0 Å². The first-order valence-corrected chi connectivity index (χ1v) is 4.65. The molecule has 2 unspecified atom stereocenters. The maximum atomic E-state index is 11.2. The lowest BCUT2D eigenvalue weighted by Gasteiger charge is -2.17. The zero-order valence-electron chi connectivity index (χ0n) is 8.70. The molecule has 0 saturated carbocycles. The summed E-state index contributed by atoms with van der Waals surface area (Å²) in [5.74, 6) is -0.0136. The summed E-state index contributed by atoms with van der Waals surface area (Å²) in [6.45, 7) is 3.82. The molecule has 0 aromatic carbocycles. The first kappa shape index (κ1) is 10.8. The number of amides is 1. The molecule has 2 N–H and O–H groups in total. The molecule has 0 radical (unpaired) electrons. The van der Waals surface area contributed by atoms with Gasteiger partial charge in [-0.25, -0.2) is 0 Å². The van der Waals surface area contributed by atoms with Gasteiger partial charge in [-0.15, -0.1) is 0 Å². The predicted molar refractivity (Wildman–Crippen MR) is 53.8 cm³/mol. The molecule has 4 heteroatoms. The molecule has 1 aromatic heterocycles. The van der Waals surface area contributed by atoms with Gasteiger partial charge in [0.05, 0.1) is 18.6 Å². The number of rotatable bonds is 4. The molecule has 1 rings (SSSR count). The molecule has 4 nitrogen and oxygen atoms in total. The molecular weight excluding hydrogens is 180 g/mol. The molecule has 14 heavy (non-hydrogen) atoms. The molecular formula is C10H16N2O2. The van der Waals surface area contributed by atoms with E-state index in [0.717, 1.165) is 5.56 Å². The Hall–Kier alpha value is -1.29. The minimum Gasteiger partial charge on any atom is -0.472 e. The topological polar surface area (TPSA) is 54.3 Å². The predicted octanol–water partition coefficient (Wildman–Crippen LogP) is 1.06. The number of hydrogen-bond donors (Lipinski definition) is 2. The molecule has 0 aliphatic heterocycles. The zero-order chi connectivity index (χ0) is 10.6. The van der Waals surface area contributed by atoms with E-state index in [0.29, 0.717) is 0 Å². The second-order valence-corrected chi connectivity index (χ2v) is 3.28. The van der Waals surface area contributed by atoms with Gasteiger partial charge in [-0.3, -0.25) is 10.1 Å². The Morgan fingerprint density at radius 1 is 1.50 bits per heavy atom. The highest BCUT2D eigenvalue weighted by atomic mass is 16.3. The fraction of sp³-hybridized carbons (Fsp3) is 0.500. The normalized spacial score (nSPS) is 14.8. The van der Waals surface area contributed by atoms with Crippen molar-refractivity contribution in [1.29, 1.82) is 0 Å². The van der Waals surface area contributed by atoms with E-state index in [2.05, 4.69) is 10.6 Å². The van der Waals surface area contributed by atoms with Crippen molar-refractivity contribution in [2.45, 2.75) is 25.9 Å². The Morgan fingerprint density at radius 3 is 2.71 bits per heavy atom. The van der Waals surface area contributed by atoms with E-state index in [1.807, 2.05) is 19.9 Å². The number of hydrogen-bond acceptors (Lipinski definition) is 3. The lowest BCUT2D eigenvalue weighted by molar-refractivity contribution is -0.122. The average molecular weight is 196 g/mol. The van der Waals surface area contributed by atoms with Gasteiger partial charge in [-0.2, -0.15) is 0 Å². The van der Waals surface area contributed by atoms with Crippen LogP contribution in [0.15, 0.2) is 23.0 Å². The van der Waals surface area contributed by atoms with Crippen LogP contribution in [0.2, 0.25) is 0 Å². The maximum absolute atomic E-state index is 11.2. The van der Waals surface area contributed by atoms with Gasteiger partial charge in [0.25, 0.3) is 0 Å². The number of nitrogens with one attached hydrogen (secondary N) is 2. The lowest BCUT2D eigenvalue weighted by Crippen LogP contribution is -2.41. The van der Waals surface area contributed by atoms with E-state index < -0.39 is 0 Å². The molecule has 1 heterocycles. The van der Waals surface area contributed by atoms with Gasteiger partial charge in [0.1, 0.15) is 0 Å². The highest BCUT2D eigenvalue weighted by Crippen LogP contribution is 2.12. The van der Waals surface area contributed by atoms with Crippen LogP contribution < -0.4 is 10.6 Å². The Kier molecular flexibility index (Phi) is 3.71. The van der Waals surface area contributed by atoms with Gasteiger partial charge < -0.3 is 9.73 Å². The Labute approximate surface area is 83.7 Å². The summed E-state index contributed by atoms with van der Waals surface area (Å²) in [6.07, 6.45) is 3.30. The zero-order valence-corrected chi connectivity index (χ0v) is 8.70. The highest BCUT2D eigenvalue weighted by Gasteiger charge is 2.14. The van der Waals surface area contributed by atoms with Gasteiger partial charge >= 0.3 is 0 Å². The van der Waals surface area contributed by atoms with Crippen LogP contribution in [0.3, 0.4) is 0 Å². The van der Waals surface area contributed by atoms with E-state index >= 15 is 0 Å². The SMILES string of the molecule is CNC(=O)C(C)NC(C)c1ccoc1. The molecule has 0 aliphatic rings. The molecule has 1 aromatic rings. The fourth-order valence-corrected chi connectivity index (χ4v) is 1.28. The van der Waals surface area contributed by atoms with Crippen LogP contribution >= 0.6 is 0 Å². The third kappa shape index (κ3) is 2.60. The van der Waals surface area contributed by atoms with Crippen molar-refractivity contribution in [3.05, 3.63) is 24.2 Å². The summed E-state index contributed by atoms with van der Waals surface area (Å²) in [6, 6.07) is 1.79. The molecule has 0 saturated heterocycles. The van der Waals surface area contributed by atoms with Crippen molar-refractivity contribution < 1.29 is 9.21 Å². The number of carbonyl (C=O) groups is 1. The highest BCUT2D eigenvalue weighted by molar-refractivity contribution is 5.80. The number of furan rings is 1. The molecule has 2 atom stereocenters. The van der Waals surface area contributed by atoms with Gasteiger partial charge in [0.15, 0.2) is 0 Å². The minimum absolute atomic E-state index is 0.0136. The second-order valence-electron chi connectivity index (χ2n) is 3.28. The molecule has 0 aliphatic carbocycles. The van der Waals surface area contributed by atoms with Crippen LogP contribution in [0.4, 0.5) is 0 Å². The molecule has 0 spiro atoms. The van der Waals surface area contributed by atoms with Crippen LogP contribution in [0.1, 0.15) is 25.5 Å². The Bertz CT molecular complexity index is 282. The van der Waals surface area contributed by atoms with E-state index in [4.69, 9.17) is 4.42 Å². The van der Waals surface area contributed by atoms with E-state index in [1.165, 1.54) is 0 Å². The lowest BCUT2D eigenvalue weighted by atomic mass is 10.1. The number of carbonyl (C=O) groups excluding carboxylic acids is 1. The second kappa shape index (κ2) is 4.81. The van der Waals surface area contributed by atoms with Gasteiger partial charge in [-0.05, 0) is 19.9 Å². The largest absolute Gasteiger partial charge is 0.472 e. The number of likely N-dealkylation sites (N-methyl/N-ethyl adjacent to an activating group) is 1. The van der Waals surface area contributed by atoms with Crippen molar-refractivity contribution in [3.8, 4) is 0 Å². The van der Waals surface area contributed by atoms with Gasteiger partial charge in [-0.1, -0.05) is 0 Å². The third-order valence-electron chi connectivity index (χ3n) is 2.18.